The number of hydrogen-bond donors (Lipinski definition) is 2. The Morgan fingerprint density at radius 3 is 2.05 bits per heavy atom. The SMILES string of the molecule is CC(C)[C@@H](CN)CC[C@@H](NS(=O)(=O)c1ccccc1)C(C)C. The van der Waals surface area contributed by atoms with E-state index in [9.17, 15) is 8.42 Å². The van der Waals surface area contributed by atoms with Crippen molar-refractivity contribution in [1.82, 2.24) is 4.72 Å². The molecule has 1 aromatic rings. The van der Waals surface area contributed by atoms with E-state index in [0.717, 1.165) is 12.8 Å². The van der Waals surface area contributed by atoms with Gasteiger partial charge in [-0.1, -0.05) is 45.9 Å². The smallest absolute Gasteiger partial charge is 0.240 e. The van der Waals surface area contributed by atoms with Gasteiger partial charge in [-0.2, -0.15) is 0 Å². The molecule has 0 bridgehead atoms. The van der Waals surface area contributed by atoms with Crippen LogP contribution in [0.5, 0.6) is 0 Å². The minimum absolute atomic E-state index is 0.0713. The lowest BCUT2D eigenvalue weighted by Gasteiger charge is -2.26. The fraction of sp³-hybridized carbons (Fsp3) is 0.647. The zero-order valence-corrected chi connectivity index (χ0v) is 14.9. The molecule has 0 aromatic heterocycles. The molecule has 0 aliphatic rings. The van der Waals surface area contributed by atoms with Crippen molar-refractivity contribution >= 4 is 10.0 Å². The Balaban J connectivity index is 2.76. The number of sulfonamides is 1. The van der Waals surface area contributed by atoms with E-state index in [1.54, 1.807) is 24.3 Å². The highest BCUT2D eigenvalue weighted by atomic mass is 32.2. The van der Waals surface area contributed by atoms with Gasteiger partial charge in [0.1, 0.15) is 0 Å². The fourth-order valence-corrected chi connectivity index (χ4v) is 3.95. The summed E-state index contributed by atoms with van der Waals surface area (Å²) >= 11 is 0. The summed E-state index contributed by atoms with van der Waals surface area (Å²) in [5.41, 5.74) is 5.82. The third-order valence-corrected chi connectivity index (χ3v) is 5.76. The molecule has 0 aliphatic heterocycles. The predicted molar refractivity (Wildman–Crippen MR) is 92.0 cm³/mol. The van der Waals surface area contributed by atoms with Gasteiger partial charge in [0.15, 0.2) is 0 Å². The van der Waals surface area contributed by atoms with Gasteiger partial charge in [-0.25, -0.2) is 13.1 Å². The van der Waals surface area contributed by atoms with Crippen LogP contribution in [0.3, 0.4) is 0 Å². The molecule has 5 heteroatoms. The lowest BCUT2D eigenvalue weighted by atomic mass is 9.88. The summed E-state index contributed by atoms with van der Waals surface area (Å²) < 4.78 is 27.8. The summed E-state index contributed by atoms with van der Waals surface area (Å²) in [7, 11) is -3.46. The van der Waals surface area contributed by atoms with Crippen LogP contribution in [0.25, 0.3) is 0 Å². The molecule has 0 saturated carbocycles. The van der Waals surface area contributed by atoms with Crippen LogP contribution < -0.4 is 10.5 Å². The van der Waals surface area contributed by atoms with E-state index in [4.69, 9.17) is 5.73 Å². The van der Waals surface area contributed by atoms with Crippen LogP contribution >= 0.6 is 0 Å². The molecule has 0 saturated heterocycles. The molecule has 3 N–H and O–H groups in total. The third kappa shape index (κ3) is 5.71. The number of nitrogens with two attached hydrogens (primary N) is 1. The first-order valence-corrected chi connectivity index (χ1v) is 9.53. The summed E-state index contributed by atoms with van der Waals surface area (Å²) in [4.78, 5) is 0.319. The van der Waals surface area contributed by atoms with Gasteiger partial charge in [0, 0.05) is 6.04 Å². The predicted octanol–water partition coefficient (Wildman–Crippen LogP) is 3.00. The summed E-state index contributed by atoms with van der Waals surface area (Å²) in [5, 5.41) is 0. The zero-order valence-electron chi connectivity index (χ0n) is 14.1. The summed E-state index contributed by atoms with van der Waals surface area (Å²) in [6.07, 6.45) is 1.75. The molecular weight excluding hydrogens is 296 g/mol. The van der Waals surface area contributed by atoms with Crippen molar-refractivity contribution < 1.29 is 8.42 Å². The Morgan fingerprint density at radius 1 is 1.00 bits per heavy atom. The highest BCUT2D eigenvalue weighted by Crippen LogP contribution is 2.21. The molecule has 2 atom stereocenters. The Labute approximate surface area is 135 Å². The molecule has 0 fully saturated rings. The van der Waals surface area contributed by atoms with E-state index < -0.39 is 10.0 Å². The molecule has 1 aromatic carbocycles. The fourth-order valence-electron chi connectivity index (χ4n) is 2.51. The van der Waals surface area contributed by atoms with Gasteiger partial charge in [0.25, 0.3) is 0 Å². The Bertz CT molecular complexity index is 527. The zero-order chi connectivity index (χ0) is 16.8. The van der Waals surface area contributed by atoms with Crippen molar-refractivity contribution in [1.29, 1.82) is 0 Å². The first-order chi connectivity index (χ1) is 10.3. The van der Waals surface area contributed by atoms with Gasteiger partial charge in [-0.05, 0) is 49.3 Å². The van der Waals surface area contributed by atoms with Crippen molar-refractivity contribution in [2.45, 2.75) is 51.5 Å². The van der Waals surface area contributed by atoms with Gasteiger partial charge >= 0.3 is 0 Å². The molecule has 22 heavy (non-hydrogen) atoms. The van der Waals surface area contributed by atoms with Crippen LogP contribution in [-0.4, -0.2) is 21.0 Å². The molecule has 0 spiro atoms. The van der Waals surface area contributed by atoms with Crippen LogP contribution in [0, 0.1) is 17.8 Å². The quantitative estimate of drug-likeness (QED) is 0.733. The molecule has 0 heterocycles. The lowest BCUT2D eigenvalue weighted by Crippen LogP contribution is -2.39. The van der Waals surface area contributed by atoms with E-state index >= 15 is 0 Å². The maximum Gasteiger partial charge on any atom is 0.240 e. The molecule has 0 radical (unpaired) electrons. The Hall–Kier alpha value is -0.910. The molecule has 126 valence electrons. The van der Waals surface area contributed by atoms with Crippen molar-refractivity contribution in [3.63, 3.8) is 0 Å². The van der Waals surface area contributed by atoms with Crippen molar-refractivity contribution in [2.24, 2.45) is 23.5 Å². The monoisotopic (exact) mass is 326 g/mol. The average Bonchev–Trinajstić information content (AvgIpc) is 2.47. The maximum atomic E-state index is 12.5. The number of benzene rings is 1. The second-order valence-electron chi connectivity index (χ2n) is 6.60. The number of rotatable bonds is 9. The van der Waals surface area contributed by atoms with Crippen molar-refractivity contribution in [2.75, 3.05) is 6.54 Å². The standard InChI is InChI=1S/C17H30N2O2S/c1-13(2)15(12-18)10-11-17(14(3)4)19-22(20,21)16-8-6-5-7-9-16/h5-9,13-15,17,19H,10-12,18H2,1-4H3/t15-,17-/m1/s1. The van der Waals surface area contributed by atoms with E-state index in [1.165, 1.54) is 0 Å². The van der Waals surface area contributed by atoms with Crippen LogP contribution in [0.2, 0.25) is 0 Å². The van der Waals surface area contributed by atoms with Crippen LogP contribution in [0.4, 0.5) is 0 Å². The van der Waals surface area contributed by atoms with Crippen molar-refractivity contribution in [3.05, 3.63) is 30.3 Å². The van der Waals surface area contributed by atoms with E-state index in [-0.39, 0.29) is 12.0 Å². The van der Waals surface area contributed by atoms with Crippen LogP contribution in [-0.2, 0) is 10.0 Å². The normalized spacial score (nSPS) is 15.2. The highest BCUT2D eigenvalue weighted by molar-refractivity contribution is 7.89. The summed E-state index contributed by atoms with van der Waals surface area (Å²) in [5.74, 6) is 1.19. The largest absolute Gasteiger partial charge is 0.330 e. The molecule has 4 nitrogen and oxygen atoms in total. The summed E-state index contributed by atoms with van der Waals surface area (Å²) in [6, 6.07) is 8.46. The van der Waals surface area contributed by atoms with Gasteiger partial charge < -0.3 is 5.73 Å². The minimum Gasteiger partial charge on any atom is -0.330 e. The van der Waals surface area contributed by atoms with Crippen LogP contribution in [0.15, 0.2) is 35.2 Å². The van der Waals surface area contributed by atoms with Gasteiger partial charge in [-0.15, -0.1) is 0 Å². The first kappa shape index (κ1) is 19.1. The van der Waals surface area contributed by atoms with Gasteiger partial charge in [0.05, 0.1) is 4.90 Å². The van der Waals surface area contributed by atoms with E-state index in [0.29, 0.717) is 23.3 Å². The Kier molecular flexibility index (Phi) is 7.53. The maximum absolute atomic E-state index is 12.5. The van der Waals surface area contributed by atoms with E-state index in [2.05, 4.69) is 18.6 Å². The Morgan fingerprint density at radius 2 is 1.59 bits per heavy atom. The molecule has 1 rings (SSSR count). The minimum atomic E-state index is -3.46. The third-order valence-electron chi connectivity index (χ3n) is 4.26. The second kappa shape index (κ2) is 8.65. The first-order valence-electron chi connectivity index (χ1n) is 8.05. The molecule has 0 aliphatic carbocycles. The number of nitrogens with one attached hydrogen (secondary N) is 1. The highest BCUT2D eigenvalue weighted by Gasteiger charge is 2.23. The number of hydrogen-bond acceptors (Lipinski definition) is 3. The topological polar surface area (TPSA) is 72.2 Å². The molecule has 0 amide bonds. The average molecular weight is 327 g/mol. The van der Waals surface area contributed by atoms with Crippen molar-refractivity contribution in [3.8, 4) is 0 Å². The van der Waals surface area contributed by atoms with Gasteiger partial charge in [0.2, 0.25) is 10.0 Å². The molecule has 0 unspecified atom stereocenters. The van der Waals surface area contributed by atoms with Gasteiger partial charge in [-0.3, -0.25) is 0 Å². The second-order valence-corrected chi connectivity index (χ2v) is 8.32. The summed E-state index contributed by atoms with van der Waals surface area (Å²) in [6.45, 7) is 9.07. The van der Waals surface area contributed by atoms with Crippen LogP contribution in [0.1, 0.15) is 40.5 Å². The lowest BCUT2D eigenvalue weighted by molar-refractivity contribution is 0.319. The van der Waals surface area contributed by atoms with E-state index in [1.807, 2.05) is 19.9 Å². The molecular formula is C17H30N2O2S.